The average Bonchev–Trinajstić information content (AvgIpc) is 3.91. The van der Waals surface area contributed by atoms with Crippen molar-refractivity contribution in [3.05, 3.63) is 194 Å². The third-order valence-corrected chi connectivity index (χ3v) is 14.1. The highest BCUT2D eigenvalue weighted by molar-refractivity contribution is 7.26. The molecule has 12 rings (SSSR count). The predicted octanol–water partition coefficient (Wildman–Crippen LogP) is 15.8. The summed E-state index contributed by atoms with van der Waals surface area (Å²) >= 11 is 3.69. The molecule has 11 aromatic rings. The number of nitrogens with zero attached hydrogens (tertiary/aromatic N) is 3. The number of hydrogen-bond acceptors (Lipinski definition) is 5. The smallest absolute Gasteiger partial charge is 0.160 e. The van der Waals surface area contributed by atoms with Crippen LogP contribution in [0.3, 0.4) is 0 Å². The van der Waals surface area contributed by atoms with E-state index in [4.69, 9.17) is 15.0 Å². The number of pyridine rings is 1. The van der Waals surface area contributed by atoms with Crippen molar-refractivity contribution in [2.45, 2.75) is 12.8 Å². The summed E-state index contributed by atoms with van der Waals surface area (Å²) in [5.41, 5.74) is 12.9. The highest BCUT2D eigenvalue weighted by Gasteiger charge is 2.20. The summed E-state index contributed by atoms with van der Waals surface area (Å²) < 4.78 is 5.10. The summed E-state index contributed by atoms with van der Waals surface area (Å²) in [5.74, 6) is 0.712. The van der Waals surface area contributed by atoms with Crippen LogP contribution in [-0.2, 0) is 0 Å². The van der Waals surface area contributed by atoms with Crippen LogP contribution >= 0.6 is 22.7 Å². The zero-order valence-electron chi connectivity index (χ0n) is 32.5. The maximum atomic E-state index is 5.34. The molecule has 1 aliphatic carbocycles. The van der Waals surface area contributed by atoms with Crippen LogP contribution in [0.2, 0.25) is 0 Å². The van der Waals surface area contributed by atoms with E-state index in [9.17, 15) is 0 Å². The van der Waals surface area contributed by atoms with Gasteiger partial charge >= 0.3 is 0 Å². The average molecular weight is 802 g/mol. The Labute approximate surface area is 355 Å². The number of rotatable bonds is 6. The quantitative estimate of drug-likeness (QED) is 0.168. The summed E-state index contributed by atoms with van der Waals surface area (Å²) in [7, 11) is 0. The highest BCUT2D eigenvalue weighted by Crippen LogP contribution is 2.46. The predicted molar refractivity (Wildman–Crippen MR) is 257 cm³/mol. The monoisotopic (exact) mass is 801 g/mol. The van der Waals surface area contributed by atoms with E-state index in [-0.39, 0.29) is 0 Å². The van der Waals surface area contributed by atoms with E-state index in [1.54, 1.807) is 0 Å². The Hall–Kier alpha value is -7.05. The lowest BCUT2D eigenvalue weighted by atomic mass is 9.95. The second-order valence-electron chi connectivity index (χ2n) is 15.4. The molecule has 3 nitrogen and oxygen atoms in total. The van der Waals surface area contributed by atoms with Gasteiger partial charge in [0.05, 0.1) is 27.3 Å². The molecule has 0 saturated heterocycles. The second kappa shape index (κ2) is 14.3. The van der Waals surface area contributed by atoms with Gasteiger partial charge in [-0.3, -0.25) is 0 Å². The number of hydrogen-bond donors (Lipinski definition) is 0. The van der Waals surface area contributed by atoms with E-state index < -0.39 is 0 Å². The van der Waals surface area contributed by atoms with Gasteiger partial charge in [-0.1, -0.05) is 158 Å². The first-order valence-electron chi connectivity index (χ1n) is 20.4. The van der Waals surface area contributed by atoms with Crippen LogP contribution in [0.5, 0.6) is 0 Å². The molecule has 0 bridgehead atoms. The molecule has 5 heteroatoms. The molecular weight excluding hydrogens is 767 g/mol. The summed E-state index contributed by atoms with van der Waals surface area (Å²) in [5, 5.41) is 6.32. The molecule has 0 saturated carbocycles. The van der Waals surface area contributed by atoms with Gasteiger partial charge in [-0.15, -0.1) is 22.7 Å². The topological polar surface area (TPSA) is 38.7 Å². The van der Waals surface area contributed by atoms with Crippen LogP contribution in [0.15, 0.2) is 188 Å². The van der Waals surface area contributed by atoms with Gasteiger partial charge in [0.25, 0.3) is 0 Å². The van der Waals surface area contributed by atoms with Gasteiger partial charge in [0, 0.05) is 57.7 Å². The van der Waals surface area contributed by atoms with Crippen LogP contribution in [0.4, 0.5) is 0 Å². The van der Waals surface area contributed by atoms with E-state index in [1.165, 1.54) is 56.9 Å². The van der Waals surface area contributed by atoms with Gasteiger partial charge in [0.15, 0.2) is 5.82 Å². The Kier molecular flexibility index (Phi) is 8.36. The van der Waals surface area contributed by atoms with Crippen LogP contribution in [0.1, 0.15) is 18.5 Å². The van der Waals surface area contributed by atoms with Crippen molar-refractivity contribution in [3.8, 4) is 56.2 Å². The van der Waals surface area contributed by atoms with Crippen molar-refractivity contribution in [1.82, 2.24) is 15.0 Å². The molecule has 282 valence electrons. The first-order chi connectivity index (χ1) is 29.7. The molecule has 0 radical (unpaired) electrons. The van der Waals surface area contributed by atoms with Crippen LogP contribution < -0.4 is 0 Å². The van der Waals surface area contributed by atoms with E-state index >= 15 is 0 Å². The first-order valence-corrected chi connectivity index (χ1v) is 22.0. The molecular formula is C55H35N3S2. The fourth-order valence-corrected chi connectivity index (χ4v) is 11.3. The molecule has 0 N–H and O–H groups in total. The van der Waals surface area contributed by atoms with E-state index in [1.807, 2.05) is 22.7 Å². The van der Waals surface area contributed by atoms with Gasteiger partial charge in [0.1, 0.15) is 0 Å². The fourth-order valence-electron chi connectivity index (χ4n) is 8.85. The van der Waals surface area contributed by atoms with Crippen molar-refractivity contribution in [2.75, 3.05) is 0 Å². The Bertz CT molecular complexity index is 3540. The number of fused-ring (bicyclic) bond motifs is 8. The van der Waals surface area contributed by atoms with Crippen molar-refractivity contribution in [1.29, 1.82) is 0 Å². The van der Waals surface area contributed by atoms with Crippen molar-refractivity contribution in [2.24, 2.45) is 0 Å². The summed E-state index contributed by atoms with van der Waals surface area (Å²) in [6, 6.07) is 61.0. The highest BCUT2D eigenvalue weighted by atomic mass is 32.1. The van der Waals surface area contributed by atoms with Crippen molar-refractivity contribution < 1.29 is 0 Å². The summed E-state index contributed by atoms with van der Waals surface area (Å²) in [6.45, 7) is 0. The summed E-state index contributed by atoms with van der Waals surface area (Å²) in [6.07, 6.45) is 8.79. The number of benzene rings is 7. The minimum absolute atomic E-state index is 0.712. The molecule has 0 amide bonds. The molecule has 0 spiro atoms. The molecule has 4 aromatic heterocycles. The van der Waals surface area contributed by atoms with Crippen LogP contribution in [0, 0.1) is 0 Å². The Balaban J connectivity index is 0.979. The minimum Gasteiger partial charge on any atom is -0.246 e. The number of allylic oxidation sites excluding steroid dienone is 4. The molecule has 0 aliphatic heterocycles. The van der Waals surface area contributed by atoms with Gasteiger partial charge in [-0.2, -0.15) is 0 Å². The van der Waals surface area contributed by atoms with E-state index in [2.05, 4.69) is 188 Å². The molecule has 0 atom stereocenters. The van der Waals surface area contributed by atoms with Gasteiger partial charge in [-0.25, -0.2) is 15.0 Å². The zero-order chi connectivity index (χ0) is 39.6. The van der Waals surface area contributed by atoms with Gasteiger partial charge < -0.3 is 0 Å². The third-order valence-electron chi connectivity index (χ3n) is 11.7. The fraction of sp³-hybridized carbons (Fsp3) is 0.0364. The second-order valence-corrected chi connectivity index (χ2v) is 17.5. The lowest BCUT2D eigenvalue weighted by Gasteiger charge is -2.14. The molecule has 0 fully saturated rings. The van der Waals surface area contributed by atoms with E-state index in [0.29, 0.717) is 5.82 Å². The standard InChI is InChI=1S/C55H35N3S2/c1-3-14-35(15-4-1)46-33-47(39-19-11-18-38(32-39)41-23-12-24-43-42-20-7-9-26-48(42)59-53(41)43)58-55(57-46)37-30-28-34(29-31-37)40-22-13-25-45-50(40)51-44-21-8-10-27-49(44)60-54(51)52(56-45)36-16-5-2-6-17-36/h2-3,5-33H,1,4H2. The Morgan fingerprint density at radius 2 is 1.08 bits per heavy atom. The number of thiophene rings is 2. The minimum atomic E-state index is 0.712. The van der Waals surface area contributed by atoms with Gasteiger partial charge in [0.2, 0.25) is 0 Å². The normalized spacial score (nSPS) is 12.9. The molecule has 0 unspecified atom stereocenters. The van der Waals surface area contributed by atoms with Crippen LogP contribution in [-0.4, -0.2) is 15.0 Å². The molecule has 7 aromatic carbocycles. The van der Waals surface area contributed by atoms with Crippen molar-refractivity contribution >= 4 is 79.5 Å². The van der Waals surface area contributed by atoms with Crippen molar-refractivity contribution in [3.63, 3.8) is 0 Å². The lowest BCUT2D eigenvalue weighted by Crippen LogP contribution is -1.99. The Morgan fingerprint density at radius 1 is 0.417 bits per heavy atom. The molecule has 4 heterocycles. The SMILES string of the molecule is C1=CC(c2cc(-c3cccc(-c4cccc5c4sc4ccccc45)c3)nc(-c3ccc(-c4cccc5nc(-c6ccccc6)c6sc7ccccc7c6c45)cc3)n2)=CCC1. The van der Waals surface area contributed by atoms with Gasteiger partial charge in [-0.05, 0) is 71.0 Å². The third kappa shape index (κ3) is 5.89. The molecule has 60 heavy (non-hydrogen) atoms. The molecule has 1 aliphatic rings. The lowest BCUT2D eigenvalue weighted by molar-refractivity contribution is 1.03. The summed E-state index contributed by atoms with van der Waals surface area (Å²) in [4.78, 5) is 15.9. The van der Waals surface area contributed by atoms with E-state index in [0.717, 1.165) is 68.8 Å². The largest absolute Gasteiger partial charge is 0.246 e. The number of aromatic nitrogens is 3. The maximum absolute atomic E-state index is 5.34. The van der Waals surface area contributed by atoms with Crippen LogP contribution in [0.25, 0.3) is 113 Å². The zero-order valence-corrected chi connectivity index (χ0v) is 34.1. The first kappa shape index (κ1) is 34.9. The Morgan fingerprint density at radius 3 is 1.93 bits per heavy atom. The maximum Gasteiger partial charge on any atom is 0.160 e.